The smallest absolute Gasteiger partial charge is 0.257 e. The monoisotopic (exact) mass is 500 g/mol. The van der Waals surface area contributed by atoms with Crippen molar-refractivity contribution < 1.29 is 13.2 Å². The molecule has 2 aromatic heterocycles. The number of fused-ring (bicyclic) bond motifs is 1. The molecule has 9 nitrogen and oxygen atoms in total. The molecule has 0 amide bonds. The van der Waals surface area contributed by atoms with Crippen molar-refractivity contribution in [3.05, 3.63) is 71.1 Å². The lowest BCUT2D eigenvalue weighted by Gasteiger charge is -2.13. The molecule has 0 aliphatic heterocycles. The van der Waals surface area contributed by atoms with Gasteiger partial charge in [-0.05, 0) is 37.3 Å². The van der Waals surface area contributed by atoms with E-state index in [1.807, 2.05) is 25.1 Å². The number of nitrogen functional groups attached to an aromatic ring is 1. The number of nitrogens with one attached hydrogen (secondary N) is 2. The van der Waals surface area contributed by atoms with E-state index in [2.05, 4.69) is 41.1 Å². The number of anilines is 2. The molecular weight excluding hydrogens is 484 g/mol. The third-order valence-corrected chi connectivity index (χ3v) is 6.32. The fourth-order valence-corrected chi connectivity index (χ4v) is 4.05. The molecule has 2 heterocycles. The van der Waals surface area contributed by atoms with Crippen LogP contribution in [0.3, 0.4) is 0 Å². The molecule has 0 saturated carbocycles. The van der Waals surface area contributed by atoms with E-state index in [0.29, 0.717) is 11.3 Å². The Kier molecular flexibility index (Phi) is 5.72. The number of aromatic nitrogens is 3. The average molecular weight is 501 g/mol. The van der Waals surface area contributed by atoms with Gasteiger partial charge in [0.2, 0.25) is 5.88 Å². The van der Waals surface area contributed by atoms with E-state index in [4.69, 9.17) is 10.5 Å². The molecule has 4 rings (SSSR count). The summed E-state index contributed by atoms with van der Waals surface area (Å²) < 4.78 is 31.7. The summed E-state index contributed by atoms with van der Waals surface area (Å²) in [5.41, 5.74) is 10.2. The van der Waals surface area contributed by atoms with Gasteiger partial charge >= 0.3 is 0 Å². The highest BCUT2D eigenvalue weighted by Gasteiger charge is 2.17. The van der Waals surface area contributed by atoms with Crippen molar-refractivity contribution in [1.82, 2.24) is 19.8 Å². The molecule has 31 heavy (non-hydrogen) atoms. The zero-order valence-electron chi connectivity index (χ0n) is 16.2. The third kappa shape index (κ3) is 4.43. The number of nitrogens with zero attached hydrogens (tertiary/aromatic N) is 3. The molecule has 11 heteroatoms. The van der Waals surface area contributed by atoms with Crippen molar-refractivity contribution in [2.24, 2.45) is 0 Å². The van der Waals surface area contributed by atoms with Crippen LogP contribution in [-0.2, 0) is 10.0 Å². The Morgan fingerprint density at radius 2 is 1.81 bits per heavy atom. The largest absolute Gasteiger partial charge is 0.435 e. The lowest BCUT2D eigenvalue weighted by atomic mass is 10.2. The van der Waals surface area contributed by atoms with E-state index in [1.54, 1.807) is 24.4 Å². The standard InChI is InChI=1S/C20H17BrN6O3S/c1-12-4-6-13(7-5-12)31(28,29)27-26-19-17(22)20(25-11-24-19)30-16-9-8-15(21)14-3-2-10-23-18(14)16/h2-11,27H,22H2,1H3,(H,24,25,26). The van der Waals surface area contributed by atoms with Crippen molar-refractivity contribution in [2.75, 3.05) is 11.2 Å². The zero-order chi connectivity index (χ0) is 22.0. The molecule has 0 bridgehead atoms. The van der Waals surface area contributed by atoms with Crippen LogP contribution in [0.15, 0.2) is 70.4 Å². The van der Waals surface area contributed by atoms with Crippen molar-refractivity contribution >= 4 is 48.4 Å². The Morgan fingerprint density at radius 3 is 2.58 bits per heavy atom. The highest BCUT2D eigenvalue weighted by atomic mass is 79.9. The Hall–Kier alpha value is -3.28. The molecule has 0 radical (unpaired) electrons. The van der Waals surface area contributed by atoms with E-state index < -0.39 is 10.0 Å². The fourth-order valence-electron chi connectivity index (χ4n) is 2.75. The number of hydrogen-bond donors (Lipinski definition) is 3. The summed E-state index contributed by atoms with van der Waals surface area (Å²) in [5, 5.41) is 0.858. The SMILES string of the molecule is Cc1ccc(S(=O)(=O)NNc2ncnc(Oc3ccc(Br)c4cccnc34)c2N)cc1. The van der Waals surface area contributed by atoms with Gasteiger partial charge in [-0.1, -0.05) is 39.7 Å². The molecule has 4 aromatic rings. The molecule has 158 valence electrons. The van der Waals surface area contributed by atoms with Gasteiger partial charge in [-0.25, -0.2) is 13.4 Å². The lowest BCUT2D eigenvalue weighted by Crippen LogP contribution is -2.30. The van der Waals surface area contributed by atoms with Gasteiger partial charge in [-0.2, -0.15) is 4.98 Å². The van der Waals surface area contributed by atoms with Crippen LogP contribution < -0.4 is 20.7 Å². The van der Waals surface area contributed by atoms with E-state index in [-0.39, 0.29) is 22.3 Å². The van der Waals surface area contributed by atoms with Crippen LogP contribution in [0.5, 0.6) is 11.6 Å². The van der Waals surface area contributed by atoms with Crippen LogP contribution in [0.1, 0.15) is 5.56 Å². The van der Waals surface area contributed by atoms with Gasteiger partial charge in [0.1, 0.15) is 17.5 Å². The number of ether oxygens (including phenoxy) is 1. The van der Waals surface area contributed by atoms with Crippen molar-refractivity contribution in [2.45, 2.75) is 11.8 Å². The molecule has 0 atom stereocenters. The van der Waals surface area contributed by atoms with Gasteiger partial charge in [0.05, 0.1) is 4.90 Å². The van der Waals surface area contributed by atoms with Crippen molar-refractivity contribution in [3.63, 3.8) is 0 Å². The van der Waals surface area contributed by atoms with Gasteiger partial charge in [0.25, 0.3) is 10.0 Å². The predicted octanol–water partition coefficient (Wildman–Crippen LogP) is 3.78. The number of halogens is 1. The molecule has 4 N–H and O–H groups in total. The summed E-state index contributed by atoms with van der Waals surface area (Å²) >= 11 is 3.48. The summed E-state index contributed by atoms with van der Waals surface area (Å²) in [6.45, 7) is 1.87. The van der Waals surface area contributed by atoms with Crippen LogP contribution in [0.4, 0.5) is 11.5 Å². The minimum atomic E-state index is -3.83. The number of benzene rings is 2. The van der Waals surface area contributed by atoms with Crippen LogP contribution in [0.2, 0.25) is 0 Å². The first-order valence-electron chi connectivity index (χ1n) is 9.01. The van der Waals surface area contributed by atoms with Gasteiger partial charge < -0.3 is 10.5 Å². The first-order chi connectivity index (χ1) is 14.8. The average Bonchev–Trinajstić information content (AvgIpc) is 2.76. The van der Waals surface area contributed by atoms with Crippen LogP contribution in [0, 0.1) is 6.92 Å². The summed E-state index contributed by atoms with van der Waals surface area (Å²) in [6, 6.07) is 13.7. The number of aryl methyl sites for hydroxylation is 1. The second-order valence-corrected chi connectivity index (χ2v) is 9.07. The normalized spacial score (nSPS) is 11.4. The highest BCUT2D eigenvalue weighted by Crippen LogP contribution is 2.35. The summed E-state index contributed by atoms with van der Waals surface area (Å²) in [5.74, 6) is 0.548. The number of nitrogens with two attached hydrogens (primary N) is 1. The first kappa shape index (κ1) is 21.0. The molecule has 2 aromatic carbocycles. The first-order valence-corrected chi connectivity index (χ1v) is 11.3. The molecule has 0 saturated heterocycles. The molecule has 0 unspecified atom stereocenters. The maximum absolute atomic E-state index is 12.5. The molecule has 0 aliphatic carbocycles. The van der Waals surface area contributed by atoms with Crippen LogP contribution >= 0.6 is 15.9 Å². The number of hydrogen-bond acceptors (Lipinski definition) is 8. The van der Waals surface area contributed by atoms with Gasteiger partial charge in [0, 0.05) is 16.1 Å². The maximum atomic E-state index is 12.5. The third-order valence-electron chi connectivity index (χ3n) is 4.37. The molecule has 0 spiro atoms. The van der Waals surface area contributed by atoms with Crippen LogP contribution in [0.25, 0.3) is 10.9 Å². The summed E-state index contributed by atoms with van der Waals surface area (Å²) in [4.78, 5) is 14.8. The second-order valence-electron chi connectivity index (χ2n) is 6.53. The van der Waals surface area contributed by atoms with Gasteiger partial charge in [0.15, 0.2) is 11.6 Å². The van der Waals surface area contributed by atoms with E-state index >= 15 is 0 Å². The summed E-state index contributed by atoms with van der Waals surface area (Å²) in [6.07, 6.45) is 2.86. The van der Waals surface area contributed by atoms with Crippen molar-refractivity contribution in [3.8, 4) is 11.6 Å². The molecular formula is C20H17BrN6O3S. The molecule has 0 aliphatic rings. The van der Waals surface area contributed by atoms with Gasteiger partial charge in [-0.3, -0.25) is 10.4 Å². The minimum absolute atomic E-state index is 0.0288. The predicted molar refractivity (Wildman–Crippen MR) is 121 cm³/mol. The Bertz CT molecular complexity index is 1360. The van der Waals surface area contributed by atoms with E-state index in [1.165, 1.54) is 18.5 Å². The zero-order valence-corrected chi connectivity index (χ0v) is 18.6. The number of rotatable bonds is 6. The second kappa shape index (κ2) is 8.46. The van der Waals surface area contributed by atoms with E-state index in [0.717, 1.165) is 15.4 Å². The Balaban J connectivity index is 1.58. The van der Waals surface area contributed by atoms with Gasteiger partial charge in [-0.15, -0.1) is 4.83 Å². The number of pyridine rings is 1. The Labute approximate surface area is 186 Å². The number of sulfonamides is 1. The molecule has 0 fully saturated rings. The minimum Gasteiger partial charge on any atom is -0.435 e. The fraction of sp³-hybridized carbons (Fsp3) is 0.0500. The highest BCUT2D eigenvalue weighted by molar-refractivity contribution is 9.10. The summed E-state index contributed by atoms with van der Waals surface area (Å²) in [7, 11) is -3.83. The Morgan fingerprint density at radius 1 is 1.03 bits per heavy atom. The number of hydrazine groups is 1. The topological polar surface area (TPSA) is 132 Å². The van der Waals surface area contributed by atoms with E-state index in [9.17, 15) is 8.42 Å². The van der Waals surface area contributed by atoms with Crippen molar-refractivity contribution in [1.29, 1.82) is 0 Å². The lowest BCUT2D eigenvalue weighted by molar-refractivity contribution is 0.468. The van der Waals surface area contributed by atoms with Crippen LogP contribution in [-0.4, -0.2) is 23.4 Å². The maximum Gasteiger partial charge on any atom is 0.257 e. The quantitative estimate of drug-likeness (QED) is 0.340.